The Morgan fingerprint density at radius 3 is 3.06 bits per heavy atom. The van der Waals surface area contributed by atoms with Gasteiger partial charge < -0.3 is 4.57 Å². The smallest absolute Gasteiger partial charge is 0.191 e. The van der Waals surface area contributed by atoms with E-state index in [2.05, 4.69) is 32.7 Å². The summed E-state index contributed by atoms with van der Waals surface area (Å²) < 4.78 is 16.2. The van der Waals surface area contributed by atoms with Crippen LogP contribution in [0.1, 0.15) is 5.56 Å². The summed E-state index contributed by atoms with van der Waals surface area (Å²) in [4.78, 5) is 0. The van der Waals surface area contributed by atoms with Gasteiger partial charge in [0.1, 0.15) is 12.1 Å². The monoisotopic (exact) mass is 327 g/mol. The second kappa shape index (κ2) is 6.15. The Balaban J connectivity index is 2.06. The number of hydrogen-bond donors (Lipinski definition) is 0. The van der Waals surface area contributed by atoms with E-state index in [9.17, 15) is 4.39 Å². The molecule has 1 aromatic carbocycles. The predicted octanol–water partition coefficient (Wildman–Crippen LogP) is 3.66. The standard InChI is InChI=1S/C12H11BrFN3S/c1-2-5-17-8-15-16-12(17)18-7-9-3-4-10(13)6-11(9)14/h2-4,6,8H,1,5,7H2. The van der Waals surface area contributed by atoms with E-state index < -0.39 is 0 Å². The minimum atomic E-state index is -0.216. The zero-order valence-electron chi connectivity index (χ0n) is 9.51. The molecule has 3 nitrogen and oxygen atoms in total. The second-order valence-corrected chi connectivity index (χ2v) is 5.44. The lowest BCUT2D eigenvalue weighted by Crippen LogP contribution is -1.96. The molecule has 18 heavy (non-hydrogen) atoms. The molecule has 0 bridgehead atoms. The highest BCUT2D eigenvalue weighted by Crippen LogP contribution is 2.24. The minimum absolute atomic E-state index is 0.216. The molecular formula is C12H11BrFN3S. The van der Waals surface area contributed by atoms with E-state index in [4.69, 9.17) is 0 Å². The molecule has 0 radical (unpaired) electrons. The molecule has 6 heteroatoms. The summed E-state index contributed by atoms with van der Waals surface area (Å²) in [7, 11) is 0. The van der Waals surface area contributed by atoms with Crippen LogP contribution in [0.15, 0.2) is 46.8 Å². The number of aromatic nitrogens is 3. The van der Waals surface area contributed by atoms with Gasteiger partial charge >= 0.3 is 0 Å². The van der Waals surface area contributed by atoms with Gasteiger partial charge in [-0.2, -0.15) is 0 Å². The summed E-state index contributed by atoms with van der Waals surface area (Å²) in [6.45, 7) is 4.32. The summed E-state index contributed by atoms with van der Waals surface area (Å²) in [6.07, 6.45) is 3.41. The summed E-state index contributed by atoms with van der Waals surface area (Å²) >= 11 is 4.69. The fourth-order valence-corrected chi connectivity index (χ4v) is 2.65. The molecule has 2 rings (SSSR count). The molecule has 0 amide bonds. The van der Waals surface area contributed by atoms with Crippen LogP contribution in [0.2, 0.25) is 0 Å². The highest BCUT2D eigenvalue weighted by Gasteiger charge is 2.07. The summed E-state index contributed by atoms with van der Waals surface area (Å²) in [6, 6.07) is 5.05. The highest BCUT2D eigenvalue weighted by atomic mass is 79.9. The summed E-state index contributed by atoms with van der Waals surface area (Å²) in [5, 5.41) is 8.59. The molecule has 0 spiro atoms. The zero-order chi connectivity index (χ0) is 13.0. The van der Waals surface area contributed by atoms with Crippen molar-refractivity contribution >= 4 is 27.7 Å². The van der Waals surface area contributed by atoms with Crippen molar-refractivity contribution in [3.8, 4) is 0 Å². The van der Waals surface area contributed by atoms with Crippen LogP contribution in [-0.4, -0.2) is 14.8 Å². The van der Waals surface area contributed by atoms with Gasteiger partial charge in [0.05, 0.1) is 0 Å². The van der Waals surface area contributed by atoms with Gasteiger partial charge in [0, 0.05) is 16.8 Å². The van der Waals surface area contributed by atoms with E-state index in [0.29, 0.717) is 17.9 Å². The molecule has 0 saturated heterocycles. The van der Waals surface area contributed by atoms with E-state index in [1.165, 1.54) is 17.8 Å². The maximum absolute atomic E-state index is 13.6. The fourth-order valence-electron chi connectivity index (χ4n) is 1.40. The average molecular weight is 328 g/mol. The number of thioether (sulfide) groups is 1. The first-order chi connectivity index (χ1) is 8.70. The van der Waals surface area contributed by atoms with Crippen LogP contribution in [0.4, 0.5) is 4.39 Å². The summed E-state index contributed by atoms with van der Waals surface area (Å²) in [5.41, 5.74) is 0.649. The van der Waals surface area contributed by atoms with Gasteiger partial charge in [0.25, 0.3) is 0 Å². The van der Waals surface area contributed by atoms with Crippen LogP contribution >= 0.6 is 27.7 Å². The fraction of sp³-hybridized carbons (Fsp3) is 0.167. The molecule has 0 aliphatic carbocycles. The first-order valence-electron chi connectivity index (χ1n) is 5.26. The molecule has 1 heterocycles. The van der Waals surface area contributed by atoms with Gasteiger partial charge in [-0.15, -0.1) is 16.8 Å². The van der Waals surface area contributed by atoms with Crippen molar-refractivity contribution in [2.45, 2.75) is 17.5 Å². The van der Waals surface area contributed by atoms with E-state index in [1.807, 2.05) is 10.6 Å². The molecular weight excluding hydrogens is 317 g/mol. The van der Waals surface area contributed by atoms with Crippen molar-refractivity contribution in [3.63, 3.8) is 0 Å². The van der Waals surface area contributed by atoms with E-state index in [-0.39, 0.29) is 5.82 Å². The lowest BCUT2D eigenvalue weighted by Gasteiger charge is -2.04. The van der Waals surface area contributed by atoms with Crippen LogP contribution in [0, 0.1) is 5.82 Å². The molecule has 0 atom stereocenters. The van der Waals surface area contributed by atoms with Gasteiger partial charge in [-0.05, 0) is 17.7 Å². The Morgan fingerprint density at radius 2 is 2.33 bits per heavy atom. The topological polar surface area (TPSA) is 30.7 Å². The molecule has 2 aromatic rings. The Morgan fingerprint density at radius 1 is 1.50 bits per heavy atom. The van der Waals surface area contributed by atoms with Gasteiger partial charge in [0.15, 0.2) is 5.16 Å². The lowest BCUT2D eigenvalue weighted by atomic mass is 10.2. The van der Waals surface area contributed by atoms with Crippen LogP contribution < -0.4 is 0 Å². The maximum Gasteiger partial charge on any atom is 0.191 e. The molecule has 0 N–H and O–H groups in total. The van der Waals surface area contributed by atoms with Gasteiger partial charge in [-0.1, -0.05) is 39.8 Å². The Bertz CT molecular complexity index is 556. The number of rotatable bonds is 5. The van der Waals surface area contributed by atoms with Crippen LogP contribution in [0.3, 0.4) is 0 Å². The van der Waals surface area contributed by atoms with Gasteiger partial charge in [-0.3, -0.25) is 0 Å². The summed E-state index contributed by atoms with van der Waals surface area (Å²) in [5.74, 6) is 0.307. The first kappa shape index (κ1) is 13.3. The van der Waals surface area contributed by atoms with Crippen LogP contribution in [-0.2, 0) is 12.3 Å². The van der Waals surface area contributed by atoms with Crippen molar-refractivity contribution in [3.05, 3.63) is 53.0 Å². The number of halogens is 2. The third-order valence-corrected chi connectivity index (χ3v) is 3.80. The lowest BCUT2D eigenvalue weighted by molar-refractivity contribution is 0.616. The maximum atomic E-state index is 13.6. The molecule has 0 aliphatic heterocycles. The van der Waals surface area contributed by atoms with Gasteiger partial charge in [0.2, 0.25) is 0 Å². The van der Waals surface area contributed by atoms with Crippen molar-refractivity contribution in [1.82, 2.24) is 14.8 Å². The molecule has 0 saturated carbocycles. The highest BCUT2D eigenvalue weighted by molar-refractivity contribution is 9.10. The Kier molecular flexibility index (Phi) is 4.54. The number of benzene rings is 1. The number of allylic oxidation sites excluding steroid dienone is 1. The molecule has 94 valence electrons. The molecule has 0 fully saturated rings. The number of nitrogens with zero attached hydrogens (tertiary/aromatic N) is 3. The third kappa shape index (κ3) is 3.20. The third-order valence-electron chi connectivity index (χ3n) is 2.28. The van der Waals surface area contributed by atoms with E-state index in [1.54, 1.807) is 18.5 Å². The SMILES string of the molecule is C=CCn1cnnc1SCc1ccc(Br)cc1F. The quantitative estimate of drug-likeness (QED) is 0.620. The molecule has 0 aliphatic rings. The minimum Gasteiger partial charge on any atom is -0.305 e. The van der Waals surface area contributed by atoms with Crippen molar-refractivity contribution in [2.75, 3.05) is 0 Å². The van der Waals surface area contributed by atoms with Crippen molar-refractivity contribution in [1.29, 1.82) is 0 Å². The zero-order valence-corrected chi connectivity index (χ0v) is 11.9. The average Bonchev–Trinajstić information content (AvgIpc) is 2.76. The largest absolute Gasteiger partial charge is 0.305 e. The van der Waals surface area contributed by atoms with E-state index in [0.717, 1.165) is 9.63 Å². The van der Waals surface area contributed by atoms with E-state index >= 15 is 0 Å². The second-order valence-electron chi connectivity index (χ2n) is 3.58. The van der Waals surface area contributed by atoms with Crippen LogP contribution in [0.25, 0.3) is 0 Å². The van der Waals surface area contributed by atoms with Crippen LogP contribution in [0.5, 0.6) is 0 Å². The van der Waals surface area contributed by atoms with Crippen molar-refractivity contribution in [2.24, 2.45) is 0 Å². The molecule has 0 unspecified atom stereocenters. The molecule has 1 aromatic heterocycles. The predicted molar refractivity (Wildman–Crippen MR) is 73.9 cm³/mol. The number of hydrogen-bond acceptors (Lipinski definition) is 3. The van der Waals surface area contributed by atoms with Gasteiger partial charge in [-0.25, -0.2) is 4.39 Å². The normalized spacial score (nSPS) is 10.6. The first-order valence-corrected chi connectivity index (χ1v) is 7.04. The Hall–Kier alpha value is -1.14. The Labute approximate surface area is 117 Å². The van der Waals surface area contributed by atoms with Crippen molar-refractivity contribution < 1.29 is 4.39 Å².